The number of nitrogens with zero attached hydrogens (tertiary/aromatic N) is 2. The molecule has 1 N–H and O–H groups in total. The van der Waals surface area contributed by atoms with E-state index in [9.17, 15) is 27.6 Å². The van der Waals surface area contributed by atoms with Crippen molar-refractivity contribution < 1.29 is 22.8 Å². The van der Waals surface area contributed by atoms with E-state index in [0.717, 1.165) is 28.3 Å². The quantitative estimate of drug-likeness (QED) is 0.846. The number of halogens is 3. The number of pyridine rings is 1. The lowest BCUT2D eigenvalue weighted by molar-refractivity contribution is -0.139. The van der Waals surface area contributed by atoms with Crippen LogP contribution in [0.4, 0.5) is 18.9 Å². The van der Waals surface area contributed by atoms with Crippen LogP contribution in [0.5, 0.6) is 0 Å². The molecule has 0 unspecified atom stereocenters. The van der Waals surface area contributed by atoms with Crippen molar-refractivity contribution in [2.45, 2.75) is 26.6 Å². The number of amides is 2. The van der Waals surface area contributed by atoms with Crippen molar-refractivity contribution in [3.63, 3.8) is 0 Å². The molecule has 0 aliphatic rings. The van der Waals surface area contributed by atoms with Gasteiger partial charge in [0.05, 0.1) is 6.54 Å². The Morgan fingerprint density at radius 2 is 1.82 bits per heavy atom. The normalized spacial score (nSPS) is 11.2. The second kappa shape index (κ2) is 8.28. The molecule has 1 aromatic heterocycles. The number of carbonyl (C=O) groups is 2. The third kappa shape index (κ3) is 4.99. The zero-order valence-corrected chi connectivity index (χ0v) is 15.6. The van der Waals surface area contributed by atoms with Crippen molar-refractivity contribution in [2.24, 2.45) is 0 Å². The first-order valence-electron chi connectivity index (χ1n) is 8.37. The second-order valence-electron chi connectivity index (χ2n) is 6.40. The molecule has 1 heterocycles. The largest absolute Gasteiger partial charge is 0.421 e. The van der Waals surface area contributed by atoms with Crippen LogP contribution in [0, 0.1) is 13.8 Å². The lowest BCUT2D eigenvalue weighted by atomic mass is 10.1. The number of benzene rings is 1. The minimum atomic E-state index is -4.80. The van der Waals surface area contributed by atoms with Gasteiger partial charge < -0.3 is 14.8 Å². The Labute approximate surface area is 159 Å². The summed E-state index contributed by atoms with van der Waals surface area (Å²) in [7, 11) is 1.34. The average molecular weight is 395 g/mol. The monoisotopic (exact) mass is 395 g/mol. The number of hydrogen-bond acceptors (Lipinski definition) is 3. The summed E-state index contributed by atoms with van der Waals surface area (Å²) in [6, 6.07) is 7.11. The van der Waals surface area contributed by atoms with Gasteiger partial charge in [0.25, 0.3) is 5.56 Å². The zero-order valence-electron chi connectivity index (χ0n) is 15.6. The summed E-state index contributed by atoms with van der Waals surface area (Å²) in [6.07, 6.45) is -3.71. The minimum Gasteiger partial charge on any atom is -0.335 e. The van der Waals surface area contributed by atoms with Crippen molar-refractivity contribution in [1.82, 2.24) is 9.47 Å². The molecule has 28 heavy (non-hydrogen) atoms. The third-order valence-electron chi connectivity index (χ3n) is 4.32. The first kappa shape index (κ1) is 21.2. The number of nitrogens with one attached hydrogen (secondary N) is 1. The van der Waals surface area contributed by atoms with Gasteiger partial charge in [-0.3, -0.25) is 14.4 Å². The maximum atomic E-state index is 12.8. The number of anilines is 1. The summed E-state index contributed by atoms with van der Waals surface area (Å²) in [5, 5.41) is 2.69. The summed E-state index contributed by atoms with van der Waals surface area (Å²) < 4.78 is 39.1. The average Bonchev–Trinajstić information content (AvgIpc) is 2.59. The van der Waals surface area contributed by atoms with Crippen LogP contribution in [0.1, 0.15) is 16.7 Å². The highest BCUT2D eigenvalue weighted by molar-refractivity contribution is 5.95. The number of alkyl halides is 3. The van der Waals surface area contributed by atoms with Crippen molar-refractivity contribution in [2.75, 3.05) is 18.9 Å². The zero-order chi connectivity index (χ0) is 21.1. The van der Waals surface area contributed by atoms with E-state index in [4.69, 9.17) is 0 Å². The molecule has 2 amide bonds. The van der Waals surface area contributed by atoms with Gasteiger partial charge in [-0.05, 0) is 43.2 Å². The van der Waals surface area contributed by atoms with Crippen LogP contribution in [-0.2, 0) is 22.3 Å². The Morgan fingerprint density at radius 1 is 1.14 bits per heavy atom. The van der Waals surface area contributed by atoms with Crippen molar-refractivity contribution >= 4 is 17.5 Å². The van der Waals surface area contributed by atoms with E-state index < -0.39 is 35.7 Å². The van der Waals surface area contributed by atoms with Gasteiger partial charge in [-0.15, -0.1) is 0 Å². The van der Waals surface area contributed by atoms with E-state index in [2.05, 4.69) is 5.32 Å². The van der Waals surface area contributed by atoms with Crippen molar-refractivity contribution in [3.8, 4) is 0 Å². The molecule has 0 spiro atoms. The fourth-order valence-corrected chi connectivity index (χ4v) is 2.52. The van der Waals surface area contributed by atoms with E-state index in [1.807, 2.05) is 19.9 Å². The maximum Gasteiger partial charge on any atom is 0.421 e. The molecule has 6 nitrogen and oxygen atoms in total. The van der Waals surface area contributed by atoms with E-state index in [1.165, 1.54) is 7.05 Å². The fourth-order valence-electron chi connectivity index (χ4n) is 2.52. The standard InChI is InChI=1S/C19H20F3N3O3/c1-12-6-4-8-15(13(12)2)23-16(26)10-24(3)17(27)11-25-9-5-7-14(18(25)28)19(20,21)22/h4-9H,10-11H2,1-3H3,(H,23,26). The van der Waals surface area contributed by atoms with Gasteiger partial charge in [-0.2, -0.15) is 13.2 Å². The van der Waals surface area contributed by atoms with Gasteiger partial charge in [-0.25, -0.2) is 0 Å². The highest BCUT2D eigenvalue weighted by Gasteiger charge is 2.34. The molecule has 0 atom stereocenters. The highest BCUT2D eigenvalue weighted by Crippen LogP contribution is 2.26. The molecule has 0 saturated heterocycles. The predicted octanol–water partition coefficient (Wildman–Crippen LogP) is 2.58. The lowest BCUT2D eigenvalue weighted by Crippen LogP contribution is -2.39. The van der Waals surface area contributed by atoms with Gasteiger partial charge in [0.15, 0.2) is 0 Å². The molecule has 0 saturated carbocycles. The lowest BCUT2D eigenvalue weighted by Gasteiger charge is -2.18. The molecular weight excluding hydrogens is 375 g/mol. The van der Waals surface area contributed by atoms with Gasteiger partial charge in [0, 0.05) is 18.9 Å². The Hall–Kier alpha value is -3.10. The van der Waals surface area contributed by atoms with Gasteiger partial charge in [0.1, 0.15) is 12.1 Å². The summed E-state index contributed by atoms with van der Waals surface area (Å²) in [5.41, 5.74) is -0.166. The van der Waals surface area contributed by atoms with Gasteiger partial charge in [-0.1, -0.05) is 12.1 Å². The number of rotatable bonds is 5. The Balaban J connectivity index is 2.04. The summed E-state index contributed by atoms with van der Waals surface area (Å²) in [5.74, 6) is -1.13. The predicted molar refractivity (Wildman–Crippen MR) is 97.9 cm³/mol. The number of likely N-dealkylation sites (N-methyl/N-ethyl adjacent to an activating group) is 1. The maximum absolute atomic E-state index is 12.8. The van der Waals surface area contributed by atoms with Gasteiger partial charge >= 0.3 is 6.18 Å². The molecule has 0 radical (unpaired) electrons. The Bertz CT molecular complexity index is 951. The van der Waals surface area contributed by atoms with Crippen LogP contribution in [0.2, 0.25) is 0 Å². The molecule has 0 bridgehead atoms. The Morgan fingerprint density at radius 3 is 2.46 bits per heavy atom. The third-order valence-corrected chi connectivity index (χ3v) is 4.32. The second-order valence-corrected chi connectivity index (χ2v) is 6.40. The van der Waals surface area contributed by atoms with Crippen LogP contribution in [-0.4, -0.2) is 34.9 Å². The van der Waals surface area contributed by atoms with Crippen LogP contribution >= 0.6 is 0 Å². The van der Waals surface area contributed by atoms with E-state index >= 15 is 0 Å². The minimum absolute atomic E-state index is 0.306. The van der Waals surface area contributed by atoms with Gasteiger partial charge in [0.2, 0.25) is 11.8 Å². The molecular formula is C19H20F3N3O3. The van der Waals surface area contributed by atoms with E-state index in [1.54, 1.807) is 12.1 Å². The van der Waals surface area contributed by atoms with Crippen molar-refractivity contribution in [3.05, 3.63) is 63.6 Å². The van der Waals surface area contributed by atoms with E-state index in [-0.39, 0.29) is 6.54 Å². The SMILES string of the molecule is Cc1cccc(NC(=O)CN(C)C(=O)Cn2cccc(C(F)(F)F)c2=O)c1C. The number of aryl methyl sites for hydroxylation is 1. The topological polar surface area (TPSA) is 71.4 Å². The first-order valence-corrected chi connectivity index (χ1v) is 8.37. The number of aromatic nitrogens is 1. The smallest absolute Gasteiger partial charge is 0.335 e. The van der Waals surface area contributed by atoms with Crippen LogP contribution < -0.4 is 10.9 Å². The summed E-state index contributed by atoms with van der Waals surface area (Å²) in [6.45, 7) is 2.84. The molecule has 2 aromatic rings. The van der Waals surface area contributed by atoms with Crippen LogP contribution in [0.25, 0.3) is 0 Å². The van der Waals surface area contributed by atoms with Crippen LogP contribution in [0.3, 0.4) is 0 Å². The molecule has 2 rings (SSSR count). The first-order chi connectivity index (χ1) is 13.0. The van der Waals surface area contributed by atoms with Crippen LogP contribution in [0.15, 0.2) is 41.3 Å². The summed E-state index contributed by atoms with van der Waals surface area (Å²) in [4.78, 5) is 37.4. The van der Waals surface area contributed by atoms with E-state index in [0.29, 0.717) is 16.3 Å². The Kier molecular flexibility index (Phi) is 6.27. The number of hydrogen-bond donors (Lipinski definition) is 1. The highest BCUT2D eigenvalue weighted by atomic mass is 19.4. The fraction of sp³-hybridized carbons (Fsp3) is 0.316. The number of carbonyl (C=O) groups excluding carboxylic acids is 2. The summed E-state index contributed by atoms with van der Waals surface area (Å²) >= 11 is 0. The molecule has 150 valence electrons. The van der Waals surface area contributed by atoms with Crippen molar-refractivity contribution in [1.29, 1.82) is 0 Å². The molecule has 0 aliphatic carbocycles. The molecule has 0 fully saturated rings. The molecule has 0 aliphatic heterocycles. The molecule has 1 aromatic carbocycles. The molecule has 9 heteroatoms.